The maximum Gasteiger partial charge on any atom is 0.234 e. The summed E-state index contributed by atoms with van der Waals surface area (Å²) < 4.78 is 0. The van der Waals surface area contributed by atoms with Gasteiger partial charge >= 0.3 is 0 Å². The van der Waals surface area contributed by atoms with Gasteiger partial charge in [-0.1, -0.05) is 13.8 Å². The molecule has 0 spiro atoms. The van der Waals surface area contributed by atoms with Crippen molar-refractivity contribution in [1.82, 2.24) is 20.4 Å². The average molecular weight is 270 g/mol. The zero-order chi connectivity index (χ0) is 13.9. The fourth-order valence-corrected chi connectivity index (χ4v) is 2.42. The number of amides is 1. The van der Waals surface area contributed by atoms with Gasteiger partial charge in [0.15, 0.2) is 0 Å². The van der Waals surface area contributed by atoms with Gasteiger partial charge in [-0.15, -0.1) is 0 Å². The Morgan fingerprint density at radius 1 is 1.26 bits per heavy atom. The predicted molar refractivity (Wildman–Crippen MR) is 79.3 cm³/mol. The Labute approximate surface area is 117 Å². The van der Waals surface area contributed by atoms with E-state index in [2.05, 4.69) is 34.3 Å². The van der Waals surface area contributed by atoms with E-state index in [-0.39, 0.29) is 5.91 Å². The summed E-state index contributed by atoms with van der Waals surface area (Å²) in [5.41, 5.74) is 0. The molecule has 0 saturated carbocycles. The summed E-state index contributed by atoms with van der Waals surface area (Å²) in [7, 11) is 0. The minimum absolute atomic E-state index is 0.162. The Hall–Kier alpha value is -0.650. The van der Waals surface area contributed by atoms with Crippen molar-refractivity contribution in [3.63, 3.8) is 0 Å². The van der Waals surface area contributed by atoms with E-state index in [4.69, 9.17) is 0 Å². The van der Waals surface area contributed by atoms with Gasteiger partial charge in [-0.2, -0.15) is 0 Å². The van der Waals surface area contributed by atoms with Crippen LogP contribution in [0.5, 0.6) is 0 Å². The second kappa shape index (κ2) is 10.2. The second-order valence-electron chi connectivity index (χ2n) is 5.16. The van der Waals surface area contributed by atoms with Crippen LogP contribution in [0.25, 0.3) is 0 Å². The topological polar surface area (TPSA) is 47.6 Å². The van der Waals surface area contributed by atoms with Crippen LogP contribution in [-0.2, 0) is 4.79 Å². The fraction of sp³-hybridized carbons (Fsp3) is 0.929. The third kappa shape index (κ3) is 7.50. The SMILES string of the molecule is CCCN(CC)CCNC(=O)CN1CCCNCC1. The van der Waals surface area contributed by atoms with E-state index in [0.29, 0.717) is 6.54 Å². The highest BCUT2D eigenvalue weighted by Crippen LogP contribution is 1.94. The van der Waals surface area contributed by atoms with Crippen molar-refractivity contribution in [2.45, 2.75) is 26.7 Å². The Morgan fingerprint density at radius 2 is 2.11 bits per heavy atom. The van der Waals surface area contributed by atoms with E-state index in [1.807, 2.05) is 0 Å². The Balaban J connectivity index is 2.12. The first-order valence-electron chi connectivity index (χ1n) is 7.68. The highest BCUT2D eigenvalue weighted by molar-refractivity contribution is 5.77. The van der Waals surface area contributed by atoms with Crippen LogP contribution in [0, 0.1) is 0 Å². The van der Waals surface area contributed by atoms with Crippen LogP contribution < -0.4 is 10.6 Å². The molecule has 19 heavy (non-hydrogen) atoms. The monoisotopic (exact) mass is 270 g/mol. The first-order valence-corrected chi connectivity index (χ1v) is 7.68. The molecule has 0 aliphatic carbocycles. The summed E-state index contributed by atoms with van der Waals surface area (Å²) in [4.78, 5) is 16.5. The van der Waals surface area contributed by atoms with Gasteiger partial charge in [0.05, 0.1) is 6.54 Å². The number of nitrogens with one attached hydrogen (secondary N) is 2. The Morgan fingerprint density at radius 3 is 2.84 bits per heavy atom. The molecule has 5 heteroatoms. The number of nitrogens with zero attached hydrogens (tertiary/aromatic N) is 2. The van der Waals surface area contributed by atoms with Crippen LogP contribution in [0.4, 0.5) is 0 Å². The Bertz CT molecular complexity index is 240. The van der Waals surface area contributed by atoms with Gasteiger partial charge in [-0.05, 0) is 39.0 Å². The van der Waals surface area contributed by atoms with Gasteiger partial charge in [0, 0.05) is 26.2 Å². The molecule has 1 aliphatic rings. The highest BCUT2D eigenvalue weighted by atomic mass is 16.2. The van der Waals surface area contributed by atoms with E-state index in [1.54, 1.807) is 0 Å². The van der Waals surface area contributed by atoms with E-state index in [9.17, 15) is 4.79 Å². The molecular weight excluding hydrogens is 240 g/mol. The molecule has 1 rings (SSSR count). The lowest BCUT2D eigenvalue weighted by Gasteiger charge is -2.21. The number of likely N-dealkylation sites (N-methyl/N-ethyl adjacent to an activating group) is 1. The summed E-state index contributed by atoms with van der Waals surface area (Å²) >= 11 is 0. The summed E-state index contributed by atoms with van der Waals surface area (Å²) in [6, 6.07) is 0. The molecule has 0 atom stereocenters. The number of hydrogen-bond donors (Lipinski definition) is 2. The molecule has 1 fully saturated rings. The van der Waals surface area contributed by atoms with Crippen molar-refractivity contribution in [1.29, 1.82) is 0 Å². The second-order valence-corrected chi connectivity index (χ2v) is 5.16. The quantitative estimate of drug-likeness (QED) is 0.658. The van der Waals surface area contributed by atoms with Crippen LogP contribution in [0.15, 0.2) is 0 Å². The van der Waals surface area contributed by atoms with Gasteiger partial charge in [0.1, 0.15) is 0 Å². The van der Waals surface area contributed by atoms with Crippen LogP contribution in [0.1, 0.15) is 26.7 Å². The lowest BCUT2D eigenvalue weighted by atomic mass is 10.3. The predicted octanol–water partition coefficient (Wildman–Crippen LogP) is 0.130. The molecule has 0 aromatic carbocycles. The first kappa shape index (κ1) is 16.4. The molecule has 2 N–H and O–H groups in total. The van der Waals surface area contributed by atoms with Crippen molar-refractivity contribution in [3.8, 4) is 0 Å². The van der Waals surface area contributed by atoms with E-state index in [0.717, 1.165) is 58.8 Å². The summed E-state index contributed by atoms with van der Waals surface area (Å²) in [5.74, 6) is 0.162. The third-order valence-electron chi connectivity index (χ3n) is 3.54. The minimum Gasteiger partial charge on any atom is -0.354 e. The van der Waals surface area contributed by atoms with Crippen LogP contribution in [0.2, 0.25) is 0 Å². The smallest absolute Gasteiger partial charge is 0.234 e. The molecule has 0 unspecified atom stereocenters. The fourth-order valence-electron chi connectivity index (χ4n) is 2.42. The van der Waals surface area contributed by atoms with Gasteiger partial charge in [-0.25, -0.2) is 0 Å². The molecule has 0 bridgehead atoms. The van der Waals surface area contributed by atoms with E-state index < -0.39 is 0 Å². The minimum atomic E-state index is 0.162. The van der Waals surface area contributed by atoms with Crippen molar-refractivity contribution in [3.05, 3.63) is 0 Å². The number of rotatable bonds is 8. The number of carbonyl (C=O) groups excluding carboxylic acids is 1. The molecule has 112 valence electrons. The van der Waals surface area contributed by atoms with Crippen molar-refractivity contribution in [2.24, 2.45) is 0 Å². The summed E-state index contributed by atoms with van der Waals surface area (Å²) in [6.07, 6.45) is 2.30. The first-order chi connectivity index (χ1) is 9.26. The highest BCUT2D eigenvalue weighted by Gasteiger charge is 2.12. The molecule has 1 aliphatic heterocycles. The molecule has 1 heterocycles. The number of carbonyl (C=O) groups is 1. The molecule has 1 saturated heterocycles. The van der Waals surface area contributed by atoms with Crippen LogP contribution >= 0.6 is 0 Å². The normalized spacial score (nSPS) is 17.4. The largest absolute Gasteiger partial charge is 0.354 e. The van der Waals surface area contributed by atoms with Gasteiger partial charge in [0.25, 0.3) is 0 Å². The molecule has 1 amide bonds. The van der Waals surface area contributed by atoms with Crippen molar-refractivity contribution in [2.75, 3.05) is 58.9 Å². The molecule has 5 nitrogen and oxygen atoms in total. The van der Waals surface area contributed by atoms with Crippen LogP contribution in [-0.4, -0.2) is 74.6 Å². The summed E-state index contributed by atoms with van der Waals surface area (Å²) in [6.45, 7) is 12.9. The van der Waals surface area contributed by atoms with Gasteiger partial charge in [0.2, 0.25) is 5.91 Å². The molecule has 0 radical (unpaired) electrons. The maximum atomic E-state index is 11.9. The Kier molecular flexibility index (Phi) is 8.79. The zero-order valence-electron chi connectivity index (χ0n) is 12.6. The lowest BCUT2D eigenvalue weighted by molar-refractivity contribution is -0.122. The molecular formula is C14H30N4O. The number of hydrogen-bond acceptors (Lipinski definition) is 4. The van der Waals surface area contributed by atoms with Crippen molar-refractivity contribution >= 4 is 5.91 Å². The standard InChI is InChI=1S/C14H30N4O/c1-3-9-17(4-2)12-8-16-14(19)13-18-10-5-6-15-7-11-18/h15H,3-13H2,1-2H3,(H,16,19). The van der Waals surface area contributed by atoms with Gasteiger partial charge < -0.3 is 15.5 Å². The molecule has 0 aromatic heterocycles. The molecule has 0 aromatic rings. The maximum absolute atomic E-state index is 11.9. The van der Waals surface area contributed by atoms with Gasteiger partial charge in [-0.3, -0.25) is 9.69 Å². The summed E-state index contributed by atoms with van der Waals surface area (Å²) in [5, 5.41) is 6.38. The van der Waals surface area contributed by atoms with E-state index in [1.165, 1.54) is 6.42 Å². The van der Waals surface area contributed by atoms with Crippen LogP contribution in [0.3, 0.4) is 0 Å². The average Bonchev–Trinajstić information content (AvgIpc) is 2.66. The van der Waals surface area contributed by atoms with Crippen molar-refractivity contribution < 1.29 is 4.79 Å². The lowest BCUT2D eigenvalue weighted by Crippen LogP contribution is -2.41. The third-order valence-corrected chi connectivity index (χ3v) is 3.54. The van der Waals surface area contributed by atoms with E-state index >= 15 is 0 Å². The zero-order valence-corrected chi connectivity index (χ0v) is 12.6.